The van der Waals surface area contributed by atoms with Crippen molar-refractivity contribution in [3.8, 4) is 0 Å². The van der Waals surface area contributed by atoms with Crippen LogP contribution in [0, 0.1) is 11.8 Å². The molecule has 1 aromatic rings. The lowest BCUT2D eigenvalue weighted by atomic mass is 10.2. The van der Waals surface area contributed by atoms with Crippen molar-refractivity contribution in [2.24, 2.45) is 11.8 Å². The molecule has 6 heteroatoms. The van der Waals surface area contributed by atoms with Crippen molar-refractivity contribution in [2.45, 2.75) is 13.3 Å². The molecule has 0 radical (unpaired) electrons. The largest absolute Gasteiger partial charge is 0.481 e. The fourth-order valence-corrected chi connectivity index (χ4v) is 1.96. The minimum Gasteiger partial charge on any atom is -0.481 e. The summed E-state index contributed by atoms with van der Waals surface area (Å²) in [5.41, 5.74) is 1.07. The fourth-order valence-electron chi connectivity index (χ4n) is 1.96. The molecule has 1 aliphatic carbocycles. The second-order valence-corrected chi connectivity index (χ2v) is 4.71. The van der Waals surface area contributed by atoms with Gasteiger partial charge in [0.15, 0.2) is 0 Å². The lowest BCUT2D eigenvalue weighted by molar-refractivity contribution is -0.139. The molecule has 2 amide bonds. The quantitative estimate of drug-likeness (QED) is 0.750. The first-order valence-corrected chi connectivity index (χ1v) is 6.45. The number of aliphatic carboxylic acids is 1. The number of hydrogen-bond donors (Lipinski definition) is 3. The average molecular weight is 276 g/mol. The summed E-state index contributed by atoms with van der Waals surface area (Å²) in [6.07, 6.45) is 0.387. The number of carbonyl (C=O) groups excluding carboxylic acids is 2. The third-order valence-corrected chi connectivity index (χ3v) is 3.20. The van der Waals surface area contributed by atoms with Crippen LogP contribution in [-0.2, 0) is 9.59 Å². The van der Waals surface area contributed by atoms with E-state index in [4.69, 9.17) is 5.11 Å². The molecular formula is C14H16N2O4. The van der Waals surface area contributed by atoms with Crippen LogP contribution in [0.15, 0.2) is 24.3 Å². The van der Waals surface area contributed by atoms with Gasteiger partial charge in [0.25, 0.3) is 5.91 Å². The van der Waals surface area contributed by atoms with E-state index in [-0.39, 0.29) is 11.8 Å². The normalized spacial score (nSPS) is 20.1. The molecule has 0 spiro atoms. The fraction of sp³-hybridized carbons (Fsp3) is 0.357. The maximum absolute atomic E-state index is 11.8. The predicted molar refractivity (Wildman–Crippen MR) is 72.3 cm³/mol. The SMILES string of the molecule is CCNC(=O)c1ccc(NC(=O)[C@@H]2C[C@@H]2C(=O)O)cc1. The van der Waals surface area contributed by atoms with Gasteiger partial charge in [-0.05, 0) is 37.6 Å². The summed E-state index contributed by atoms with van der Waals surface area (Å²) >= 11 is 0. The highest BCUT2D eigenvalue weighted by Gasteiger charge is 2.48. The summed E-state index contributed by atoms with van der Waals surface area (Å²) in [6, 6.07) is 6.48. The molecule has 0 unspecified atom stereocenters. The predicted octanol–water partition coefficient (Wildman–Crippen LogP) is 1.10. The molecule has 0 bridgehead atoms. The van der Waals surface area contributed by atoms with Crippen molar-refractivity contribution in [2.75, 3.05) is 11.9 Å². The van der Waals surface area contributed by atoms with Crippen LogP contribution in [-0.4, -0.2) is 29.4 Å². The van der Waals surface area contributed by atoms with Crippen molar-refractivity contribution in [3.63, 3.8) is 0 Å². The zero-order valence-electron chi connectivity index (χ0n) is 11.1. The van der Waals surface area contributed by atoms with Crippen molar-refractivity contribution in [3.05, 3.63) is 29.8 Å². The molecule has 106 valence electrons. The first-order chi connectivity index (χ1) is 9.52. The van der Waals surface area contributed by atoms with Gasteiger partial charge in [0, 0.05) is 17.8 Å². The van der Waals surface area contributed by atoms with E-state index >= 15 is 0 Å². The standard InChI is InChI=1S/C14H16N2O4/c1-2-15-12(17)8-3-5-9(6-4-8)16-13(18)10-7-11(10)14(19)20/h3-6,10-11H,2,7H2,1H3,(H,15,17)(H,16,18)(H,19,20)/t10-,11+/m1/s1. The van der Waals surface area contributed by atoms with Crippen LogP contribution in [0.4, 0.5) is 5.69 Å². The van der Waals surface area contributed by atoms with Gasteiger partial charge in [-0.2, -0.15) is 0 Å². The molecule has 0 aliphatic heterocycles. The molecule has 1 saturated carbocycles. The highest BCUT2D eigenvalue weighted by molar-refractivity contribution is 5.99. The first-order valence-electron chi connectivity index (χ1n) is 6.45. The van der Waals surface area contributed by atoms with Gasteiger partial charge in [-0.3, -0.25) is 14.4 Å². The topological polar surface area (TPSA) is 95.5 Å². The Balaban J connectivity index is 1.93. The maximum atomic E-state index is 11.8. The Morgan fingerprint density at radius 2 is 1.85 bits per heavy atom. The number of anilines is 1. The van der Waals surface area contributed by atoms with Crippen molar-refractivity contribution in [1.82, 2.24) is 5.32 Å². The van der Waals surface area contributed by atoms with Gasteiger partial charge in [0.2, 0.25) is 5.91 Å². The van der Waals surface area contributed by atoms with Crippen LogP contribution in [0.5, 0.6) is 0 Å². The number of carboxylic acids is 1. The van der Waals surface area contributed by atoms with Crippen LogP contribution in [0.25, 0.3) is 0 Å². The summed E-state index contributed by atoms with van der Waals surface area (Å²) in [5, 5.41) is 14.1. The van der Waals surface area contributed by atoms with Crippen LogP contribution in [0.3, 0.4) is 0 Å². The highest BCUT2D eigenvalue weighted by Crippen LogP contribution is 2.39. The Morgan fingerprint density at radius 1 is 1.20 bits per heavy atom. The van der Waals surface area contributed by atoms with Gasteiger partial charge < -0.3 is 15.7 Å². The van der Waals surface area contributed by atoms with Gasteiger partial charge in [0.1, 0.15) is 0 Å². The zero-order valence-corrected chi connectivity index (χ0v) is 11.1. The van der Waals surface area contributed by atoms with Crippen LogP contribution >= 0.6 is 0 Å². The van der Waals surface area contributed by atoms with E-state index in [9.17, 15) is 14.4 Å². The second-order valence-electron chi connectivity index (χ2n) is 4.71. The zero-order chi connectivity index (χ0) is 14.7. The number of carbonyl (C=O) groups is 3. The highest BCUT2D eigenvalue weighted by atomic mass is 16.4. The Bertz CT molecular complexity index is 539. The van der Waals surface area contributed by atoms with Crippen LogP contribution in [0.1, 0.15) is 23.7 Å². The maximum Gasteiger partial charge on any atom is 0.307 e. The monoisotopic (exact) mass is 276 g/mol. The molecular weight excluding hydrogens is 260 g/mol. The number of rotatable bonds is 5. The Hall–Kier alpha value is -2.37. The summed E-state index contributed by atoms with van der Waals surface area (Å²) in [4.78, 5) is 34.0. The molecule has 2 rings (SSSR count). The molecule has 1 aromatic carbocycles. The summed E-state index contributed by atoms with van der Waals surface area (Å²) < 4.78 is 0. The number of hydrogen-bond acceptors (Lipinski definition) is 3. The third kappa shape index (κ3) is 3.14. The lowest BCUT2D eigenvalue weighted by Crippen LogP contribution is -2.22. The van der Waals surface area contributed by atoms with Gasteiger partial charge in [-0.25, -0.2) is 0 Å². The van der Waals surface area contributed by atoms with Gasteiger partial charge >= 0.3 is 5.97 Å². The number of benzene rings is 1. The number of nitrogens with one attached hydrogen (secondary N) is 2. The van der Waals surface area contributed by atoms with E-state index in [1.54, 1.807) is 24.3 Å². The van der Waals surface area contributed by atoms with E-state index in [1.165, 1.54) is 0 Å². The average Bonchev–Trinajstić information content (AvgIpc) is 3.20. The van der Waals surface area contributed by atoms with Crippen LogP contribution < -0.4 is 10.6 Å². The molecule has 6 nitrogen and oxygen atoms in total. The smallest absolute Gasteiger partial charge is 0.307 e. The summed E-state index contributed by atoms with van der Waals surface area (Å²) in [5.74, 6) is -2.40. The minimum absolute atomic E-state index is 0.168. The molecule has 3 N–H and O–H groups in total. The summed E-state index contributed by atoms with van der Waals surface area (Å²) in [6.45, 7) is 2.39. The molecule has 0 saturated heterocycles. The Morgan fingerprint density at radius 3 is 2.35 bits per heavy atom. The first kappa shape index (κ1) is 14.0. The van der Waals surface area contributed by atoms with E-state index in [0.717, 1.165) is 0 Å². The molecule has 0 heterocycles. The van der Waals surface area contributed by atoms with E-state index in [0.29, 0.717) is 24.2 Å². The molecule has 2 atom stereocenters. The van der Waals surface area contributed by atoms with Crippen molar-refractivity contribution in [1.29, 1.82) is 0 Å². The molecule has 1 aliphatic rings. The van der Waals surface area contributed by atoms with Gasteiger partial charge in [-0.1, -0.05) is 0 Å². The molecule has 20 heavy (non-hydrogen) atoms. The minimum atomic E-state index is -0.934. The summed E-state index contributed by atoms with van der Waals surface area (Å²) in [7, 11) is 0. The second kappa shape index (κ2) is 5.73. The van der Waals surface area contributed by atoms with E-state index in [2.05, 4.69) is 10.6 Å². The van der Waals surface area contributed by atoms with Gasteiger partial charge in [0.05, 0.1) is 11.8 Å². The lowest BCUT2D eigenvalue weighted by Gasteiger charge is -2.06. The Kier molecular flexibility index (Phi) is 4.02. The van der Waals surface area contributed by atoms with E-state index in [1.807, 2.05) is 6.92 Å². The van der Waals surface area contributed by atoms with E-state index < -0.39 is 17.8 Å². The van der Waals surface area contributed by atoms with Gasteiger partial charge in [-0.15, -0.1) is 0 Å². The number of amides is 2. The Labute approximate surface area is 116 Å². The van der Waals surface area contributed by atoms with Crippen molar-refractivity contribution < 1.29 is 19.5 Å². The number of carboxylic acid groups (broad SMARTS) is 1. The molecule has 1 fully saturated rings. The van der Waals surface area contributed by atoms with Crippen molar-refractivity contribution >= 4 is 23.5 Å². The third-order valence-electron chi connectivity index (χ3n) is 3.20. The molecule has 0 aromatic heterocycles. The van der Waals surface area contributed by atoms with Crippen LogP contribution in [0.2, 0.25) is 0 Å².